The van der Waals surface area contributed by atoms with E-state index in [2.05, 4.69) is 30.8 Å². The fourth-order valence-corrected chi connectivity index (χ4v) is 4.19. The molecule has 2 aliphatic rings. The number of carbonyl (C=O) groups is 1. The van der Waals surface area contributed by atoms with Crippen molar-refractivity contribution in [1.82, 2.24) is 30.8 Å². The Morgan fingerprint density at radius 2 is 1.25 bits per heavy atom. The van der Waals surface area contributed by atoms with Crippen LogP contribution >= 0.6 is 0 Å². The molecule has 1 aliphatic heterocycles. The summed E-state index contributed by atoms with van der Waals surface area (Å²) in [5, 5.41) is 15.2. The number of aromatic nitrogens is 4. The highest BCUT2D eigenvalue weighted by atomic mass is 16.2. The van der Waals surface area contributed by atoms with Gasteiger partial charge in [0.15, 0.2) is 0 Å². The number of rotatable bonds is 2. The molecule has 28 heavy (non-hydrogen) atoms. The van der Waals surface area contributed by atoms with E-state index in [-0.39, 0.29) is 18.1 Å². The molecule has 0 saturated carbocycles. The van der Waals surface area contributed by atoms with E-state index in [0.717, 1.165) is 59.6 Å². The van der Waals surface area contributed by atoms with Crippen molar-refractivity contribution in [2.24, 2.45) is 0 Å². The standard InChI is InChI=1S/C21H20N6O/c28-21-24-15-9-7-13-14(8-10-16(15)25-21)20(18-6-2-4-12-23-18)27-26-19(13)17-5-1-3-11-22-17/h1-6,11-12,15-16H,7-10H2,(H2,24,25,28). The fourth-order valence-electron chi connectivity index (χ4n) is 4.19. The number of nitrogens with zero attached hydrogens (tertiary/aromatic N) is 4. The van der Waals surface area contributed by atoms with E-state index < -0.39 is 0 Å². The molecule has 0 aromatic carbocycles. The molecule has 0 bridgehead atoms. The molecule has 3 aromatic rings. The highest BCUT2D eigenvalue weighted by molar-refractivity contribution is 5.77. The third kappa shape index (κ3) is 2.98. The van der Waals surface area contributed by atoms with Crippen LogP contribution in [0, 0.1) is 0 Å². The summed E-state index contributed by atoms with van der Waals surface area (Å²) in [6, 6.07) is 11.8. The van der Waals surface area contributed by atoms with E-state index in [4.69, 9.17) is 0 Å². The lowest BCUT2D eigenvalue weighted by molar-refractivity contribution is 0.246. The molecule has 140 valence electrons. The molecule has 1 saturated heterocycles. The monoisotopic (exact) mass is 372 g/mol. The van der Waals surface area contributed by atoms with Crippen molar-refractivity contribution < 1.29 is 4.79 Å². The summed E-state index contributed by atoms with van der Waals surface area (Å²) in [5.74, 6) is 0. The zero-order valence-electron chi connectivity index (χ0n) is 15.3. The third-order valence-corrected chi connectivity index (χ3v) is 5.53. The van der Waals surface area contributed by atoms with Gasteiger partial charge < -0.3 is 10.6 Å². The number of carbonyl (C=O) groups excluding carboxylic acids is 1. The van der Waals surface area contributed by atoms with Crippen LogP contribution in [-0.4, -0.2) is 38.3 Å². The van der Waals surface area contributed by atoms with Crippen molar-refractivity contribution in [2.75, 3.05) is 0 Å². The van der Waals surface area contributed by atoms with E-state index in [9.17, 15) is 4.79 Å². The molecule has 0 spiro atoms. The van der Waals surface area contributed by atoms with Crippen molar-refractivity contribution in [1.29, 1.82) is 0 Å². The number of amides is 2. The summed E-state index contributed by atoms with van der Waals surface area (Å²) in [7, 11) is 0. The Hall–Kier alpha value is -3.35. The summed E-state index contributed by atoms with van der Waals surface area (Å²) < 4.78 is 0. The van der Waals surface area contributed by atoms with Gasteiger partial charge in [0.25, 0.3) is 0 Å². The minimum atomic E-state index is -0.0768. The molecule has 4 heterocycles. The molecular formula is C21H20N6O. The normalized spacial score (nSPS) is 20.9. The smallest absolute Gasteiger partial charge is 0.315 e. The minimum Gasteiger partial charge on any atom is -0.333 e. The highest BCUT2D eigenvalue weighted by Crippen LogP contribution is 2.33. The maximum atomic E-state index is 11.8. The number of nitrogens with one attached hydrogen (secondary N) is 2. The second-order valence-electron chi connectivity index (χ2n) is 7.19. The van der Waals surface area contributed by atoms with Gasteiger partial charge in [0.05, 0.1) is 23.5 Å². The van der Waals surface area contributed by atoms with Gasteiger partial charge in [-0.25, -0.2) is 4.79 Å². The van der Waals surface area contributed by atoms with E-state index in [1.807, 2.05) is 36.4 Å². The molecule has 2 N–H and O–H groups in total. The lowest BCUT2D eigenvalue weighted by atomic mass is 9.86. The van der Waals surface area contributed by atoms with Gasteiger partial charge in [-0.15, -0.1) is 10.2 Å². The maximum absolute atomic E-state index is 11.8. The Morgan fingerprint density at radius 1 is 0.750 bits per heavy atom. The predicted octanol–water partition coefficient (Wildman–Crippen LogP) is 2.53. The van der Waals surface area contributed by atoms with Gasteiger partial charge in [-0.1, -0.05) is 12.1 Å². The molecule has 5 rings (SSSR count). The maximum Gasteiger partial charge on any atom is 0.315 e. The summed E-state index contributed by atoms with van der Waals surface area (Å²) in [5.41, 5.74) is 5.62. The Balaban J connectivity index is 1.64. The van der Waals surface area contributed by atoms with E-state index in [0.29, 0.717) is 0 Å². The molecule has 7 heteroatoms. The van der Waals surface area contributed by atoms with Crippen molar-refractivity contribution in [3.8, 4) is 22.8 Å². The van der Waals surface area contributed by atoms with Gasteiger partial charge in [0.2, 0.25) is 0 Å². The number of pyridine rings is 2. The average molecular weight is 372 g/mol. The van der Waals surface area contributed by atoms with Crippen LogP contribution in [0.5, 0.6) is 0 Å². The van der Waals surface area contributed by atoms with Crippen LogP contribution in [0.2, 0.25) is 0 Å². The van der Waals surface area contributed by atoms with Crippen molar-refractivity contribution in [3.05, 3.63) is 59.9 Å². The molecular weight excluding hydrogens is 352 g/mol. The molecule has 1 fully saturated rings. The Labute approximate surface area is 162 Å². The SMILES string of the molecule is O=C1NC2CCc3c(-c4ccccn4)nnc(-c4ccccn4)c3CCC2N1. The number of hydrogen-bond donors (Lipinski definition) is 2. The summed E-state index contributed by atoms with van der Waals surface area (Å²) in [6.45, 7) is 0. The molecule has 3 aromatic heterocycles. The highest BCUT2D eigenvalue weighted by Gasteiger charge is 2.34. The second-order valence-corrected chi connectivity index (χ2v) is 7.19. The van der Waals surface area contributed by atoms with E-state index >= 15 is 0 Å². The number of urea groups is 1. The van der Waals surface area contributed by atoms with Gasteiger partial charge in [-0.05, 0) is 61.1 Å². The zero-order valence-corrected chi connectivity index (χ0v) is 15.3. The van der Waals surface area contributed by atoms with Crippen LogP contribution in [0.15, 0.2) is 48.8 Å². The number of fused-ring (bicyclic) bond motifs is 2. The van der Waals surface area contributed by atoms with E-state index in [1.54, 1.807) is 12.4 Å². The third-order valence-electron chi connectivity index (χ3n) is 5.53. The first-order valence-corrected chi connectivity index (χ1v) is 9.58. The van der Waals surface area contributed by atoms with Crippen LogP contribution in [0.25, 0.3) is 22.8 Å². The van der Waals surface area contributed by atoms with Crippen LogP contribution in [0.4, 0.5) is 4.79 Å². The lowest BCUT2D eigenvalue weighted by Gasteiger charge is -2.25. The van der Waals surface area contributed by atoms with Crippen LogP contribution in [0.3, 0.4) is 0 Å². The first kappa shape index (κ1) is 16.8. The van der Waals surface area contributed by atoms with Crippen molar-refractivity contribution >= 4 is 6.03 Å². The van der Waals surface area contributed by atoms with Crippen LogP contribution in [-0.2, 0) is 12.8 Å². The minimum absolute atomic E-state index is 0.0768. The Kier molecular flexibility index (Phi) is 4.20. The van der Waals surface area contributed by atoms with Gasteiger partial charge in [0, 0.05) is 12.4 Å². The largest absolute Gasteiger partial charge is 0.333 e. The second kappa shape index (κ2) is 6.99. The molecule has 2 atom stereocenters. The van der Waals surface area contributed by atoms with Gasteiger partial charge in [-0.3, -0.25) is 9.97 Å². The van der Waals surface area contributed by atoms with Crippen molar-refractivity contribution in [2.45, 2.75) is 37.8 Å². The lowest BCUT2D eigenvalue weighted by Crippen LogP contribution is -2.36. The quantitative estimate of drug-likeness (QED) is 0.721. The summed E-state index contributed by atoms with van der Waals surface area (Å²) in [6.07, 6.45) is 6.86. The summed E-state index contributed by atoms with van der Waals surface area (Å²) >= 11 is 0. The van der Waals surface area contributed by atoms with Gasteiger partial charge >= 0.3 is 6.03 Å². The van der Waals surface area contributed by atoms with Crippen LogP contribution in [0.1, 0.15) is 24.0 Å². The first-order chi connectivity index (χ1) is 13.8. The Morgan fingerprint density at radius 3 is 1.68 bits per heavy atom. The molecule has 0 radical (unpaired) electrons. The van der Waals surface area contributed by atoms with Crippen molar-refractivity contribution in [3.63, 3.8) is 0 Å². The molecule has 2 unspecified atom stereocenters. The molecule has 7 nitrogen and oxygen atoms in total. The van der Waals surface area contributed by atoms with E-state index in [1.165, 1.54) is 0 Å². The topological polar surface area (TPSA) is 92.7 Å². The number of hydrogen-bond acceptors (Lipinski definition) is 5. The summed E-state index contributed by atoms with van der Waals surface area (Å²) in [4.78, 5) is 20.8. The zero-order chi connectivity index (χ0) is 18.9. The Bertz CT molecular complexity index is 928. The van der Waals surface area contributed by atoms with Crippen LogP contribution < -0.4 is 10.6 Å². The van der Waals surface area contributed by atoms with Gasteiger partial charge in [-0.2, -0.15) is 0 Å². The first-order valence-electron chi connectivity index (χ1n) is 9.58. The predicted molar refractivity (Wildman–Crippen MR) is 104 cm³/mol. The average Bonchev–Trinajstić information content (AvgIpc) is 3.08. The molecule has 1 aliphatic carbocycles. The fraction of sp³-hybridized carbons (Fsp3) is 0.286. The van der Waals surface area contributed by atoms with Gasteiger partial charge in [0.1, 0.15) is 11.4 Å². The molecule has 2 amide bonds.